The molecule has 0 aliphatic heterocycles. The first kappa shape index (κ1) is 13.0. The van der Waals surface area contributed by atoms with Crippen LogP contribution in [0.5, 0.6) is 0 Å². The van der Waals surface area contributed by atoms with E-state index in [1.54, 1.807) is 0 Å². The van der Waals surface area contributed by atoms with E-state index in [4.69, 9.17) is 5.73 Å². The van der Waals surface area contributed by atoms with Gasteiger partial charge in [-0.1, -0.05) is 52.4 Å². The Kier molecular flexibility index (Phi) is 5.66. The molecule has 0 spiro atoms. The minimum atomic E-state index is 0.528. The van der Waals surface area contributed by atoms with Crippen molar-refractivity contribution in [3.05, 3.63) is 0 Å². The number of hydrogen-bond acceptors (Lipinski definition) is 1. The SMILES string of the molecule is CCCCCCC1(CN)CCC(C)CC1. The summed E-state index contributed by atoms with van der Waals surface area (Å²) < 4.78 is 0. The van der Waals surface area contributed by atoms with Gasteiger partial charge >= 0.3 is 0 Å². The summed E-state index contributed by atoms with van der Waals surface area (Å²) in [5.74, 6) is 0.945. The monoisotopic (exact) mass is 211 g/mol. The standard InChI is InChI=1S/C14H29N/c1-3-4-5-6-9-14(12-15)10-7-13(2)8-11-14/h13H,3-12,15H2,1-2H3. The minimum Gasteiger partial charge on any atom is -0.330 e. The van der Waals surface area contributed by atoms with Crippen LogP contribution in [0.2, 0.25) is 0 Å². The smallest absolute Gasteiger partial charge is 0.00205 e. The molecule has 90 valence electrons. The molecule has 2 N–H and O–H groups in total. The third-order valence-electron chi connectivity index (χ3n) is 4.33. The molecule has 0 atom stereocenters. The Morgan fingerprint density at radius 2 is 1.80 bits per heavy atom. The minimum absolute atomic E-state index is 0.528. The zero-order valence-electron chi connectivity index (χ0n) is 10.7. The molecular formula is C14H29N. The van der Waals surface area contributed by atoms with E-state index in [9.17, 15) is 0 Å². The topological polar surface area (TPSA) is 26.0 Å². The van der Waals surface area contributed by atoms with Gasteiger partial charge in [-0.25, -0.2) is 0 Å². The molecule has 0 aromatic rings. The lowest BCUT2D eigenvalue weighted by atomic mass is 9.68. The van der Waals surface area contributed by atoms with Gasteiger partial charge in [0.25, 0.3) is 0 Å². The Balaban J connectivity index is 2.27. The van der Waals surface area contributed by atoms with Crippen LogP contribution in [0.1, 0.15) is 71.6 Å². The third kappa shape index (κ3) is 4.14. The molecule has 1 saturated carbocycles. The fourth-order valence-corrected chi connectivity index (χ4v) is 2.86. The van der Waals surface area contributed by atoms with E-state index in [1.165, 1.54) is 57.8 Å². The summed E-state index contributed by atoms with van der Waals surface area (Å²) >= 11 is 0. The van der Waals surface area contributed by atoms with E-state index in [1.807, 2.05) is 0 Å². The van der Waals surface area contributed by atoms with E-state index in [-0.39, 0.29) is 0 Å². The van der Waals surface area contributed by atoms with Crippen LogP contribution < -0.4 is 5.73 Å². The average molecular weight is 211 g/mol. The highest BCUT2D eigenvalue weighted by molar-refractivity contribution is 4.85. The molecule has 1 rings (SSSR count). The maximum absolute atomic E-state index is 6.00. The molecule has 0 aromatic heterocycles. The lowest BCUT2D eigenvalue weighted by Crippen LogP contribution is -2.34. The predicted octanol–water partition coefficient (Wildman–Crippen LogP) is 4.11. The van der Waals surface area contributed by atoms with Crippen molar-refractivity contribution in [3.8, 4) is 0 Å². The van der Waals surface area contributed by atoms with Gasteiger partial charge in [0, 0.05) is 0 Å². The van der Waals surface area contributed by atoms with Crippen molar-refractivity contribution in [1.29, 1.82) is 0 Å². The van der Waals surface area contributed by atoms with Crippen molar-refractivity contribution in [1.82, 2.24) is 0 Å². The van der Waals surface area contributed by atoms with Crippen molar-refractivity contribution in [3.63, 3.8) is 0 Å². The van der Waals surface area contributed by atoms with E-state index >= 15 is 0 Å². The second kappa shape index (κ2) is 6.52. The summed E-state index contributed by atoms with van der Waals surface area (Å²) in [6, 6.07) is 0. The van der Waals surface area contributed by atoms with Crippen LogP contribution in [0.3, 0.4) is 0 Å². The molecule has 0 heterocycles. The lowest BCUT2D eigenvalue weighted by molar-refractivity contribution is 0.146. The first-order chi connectivity index (χ1) is 7.22. The molecular weight excluding hydrogens is 182 g/mol. The van der Waals surface area contributed by atoms with Crippen LogP contribution in [0.4, 0.5) is 0 Å². The summed E-state index contributed by atoms with van der Waals surface area (Å²) in [5.41, 5.74) is 6.53. The van der Waals surface area contributed by atoms with Crippen molar-refractivity contribution in [2.75, 3.05) is 6.54 Å². The average Bonchev–Trinajstić information content (AvgIpc) is 2.28. The lowest BCUT2D eigenvalue weighted by Gasteiger charge is -2.38. The molecule has 0 unspecified atom stereocenters. The van der Waals surface area contributed by atoms with Crippen molar-refractivity contribution in [2.45, 2.75) is 71.6 Å². The molecule has 0 bridgehead atoms. The van der Waals surface area contributed by atoms with Crippen LogP contribution in [0.25, 0.3) is 0 Å². The molecule has 0 radical (unpaired) electrons. The van der Waals surface area contributed by atoms with Gasteiger partial charge in [0.15, 0.2) is 0 Å². The summed E-state index contributed by atoms with van der Waals surface area (Å²) in [6.07, 6.45) is 12.5. The predicted molar refractivity (Wildman–Crippen MR) is 67.9 cm³/mol. The van der Waals surface area contributed by atoms with Crippen LogP contribution in [-0.2, 0) is 0 Å². The molecule has 1 nitrogen and oxygen atoms in total. The number of hydrogen-bond donors (Lipinski definition) is 1. The number of unbranched alkanes of at least 4 members (excludes halogenated alkanes) is 3. The van der Waals surface area contributed by atoms with Gasteiger partial charge in [0.2, 0.25) is 0 Å². The zero-order valence-corrected chi connectivity index (χ0v) is 10.7. The fourth-order valence-electron chi connectivity index (χ4n) is 2.86. The Labute approximate surface area is 95.8 Å². The molecule has 1 fully saturated rings. The molecule has 0 saturated heterocycles. The van der Waals surface area contributed by atoms with Crippen LogP contribution in [0, 0.1) is 11.3 Å². The van der Waals surface area contributed by atoms with Crippen LogP contribution >= 0.6 is 0 Å². The Morgan fingerprint density at radius 1 is 1.13 bits per heavy atom. The quantitative estimate of drug-likeness (QED) is 0.657. The number of rotatable bonds is 6. The van der Waals surface area contributed by atoms with Gasteiger partial charge in [-0.2, -0.15) is 0 Å². The summed E-state index contributed by atoms with van der Waals surface area (Å²) in [6.45, 7) is 5.59. The normalized spacial score (nSPS) is 31.8. The zero-order chi connectivity index (χ0) is 11.1. The first-order valence-corrected chi connectivity index (χ1v) is 6.92. The fraction of sp³-hybridized carbons (Fsp3) is 1.00. The molecule has 1 aliphatic rings. The summed E-state index contributed by atoms with van der Waals surface area (Å²) in [5, 5.41) is 0. The highest BCUT2D eigenvalue weighted by Crippen LogP contribution is 2.41. The molecule has 1 aliphatic carbocycles. The largest absolute Gasteiger partial charge is 0.330 e. The summed E-state index contributed by atoms with van der Waals surface area (Å²) in [7, 11) is 0. The van der Waals surface area contributed by atoms with Gasteiger partial charge in [-0.05, 0) is 37.1 Å². The molecule has 1 heteroatoms. The van der Waals surface area contributed by atoms with E-state index in [0.717, 1.165) is 12.5 Å². The second-order valence-corrected chi connectivity index (χ2v) is 5.70. The van der Waals surface area contributed by atoms with Gasteiger partial charge in [0.05, 0.1) is 0 Å². The summed E-state index contributed by atoms with van der Waals surface area (Å²) in [4.78, 5) is 0. The first-order valence-electron chi connectivity index (χ1n) is 6.92. The number of nitrogens with two attached hydrogens (primary N) is 1. The van der Waals surface area contributed by atoms with Crippen molar-refractivity contribution in [2.24, 2.45) is 17.1 Å². The molecule has 0 amide bonds. The van der Waals surface area contributed by atoms with E-state index in [0.29, 0.717) is 5.41 Å². The van der Waals surface area contributed by atoms with Crippen LogP contribution in [0.15, 0.2) is 0 Å². The Bertz CT molecular complexity index is 157. The van der Waals surface area contributed by atoms with E-state index in [2.05, 4.69) is 13.8 Å². The van der Waals surface area contributed by atoms with Gasteiger partial charge < -0.3 is 5.73 Å². The Hall–Kier alpha value is -0.0400. The maximum atomic E-state index is 6.00. The van der Waals surface area contributed by atoms with Gasteiger partial charge in [-0.3, -0.25) is 0 Å². The molecule has 0 aromatic carbocycles. The van der Waals surface area contributed by atoms with Crippen LogP contribution in [-0.4, -0.2) is 6.54 Å². The third-order valence-corrected chi connectivity index (χ3v) is 4.33. The molecule has 15 heavy (non-hydrogen) atoms. The van der Waals surface area contributed by atoms with E-state index < -0.39 is 0 Å². The highest BCUT2D eigenvalue weighted by Gasteiger charge is 2.31. The highest BCUT2D eigenvalue weighted by atomic mass is 14.6. The second-order valence-electron chi connectivity index (χ2n) is 5.70. The van der Waals surface area contributed by atoms with Gasteiger partial charge in [0.1, 0.15) is 0 Å². The van der Waals surface area contributed by atoms with Crippen molar-refractivity contribution >= 4 is 0 Å². The Morgan fingerprint density at radius 3 is 2.33 bits per heavy atom. The van der Waals surface area contributed by atoms with Gasteiger partial charge in [-0.15, -0.1) is 0 Å². The van der Waals surface area contributed by atoms with Crippen molar-refractivity contribution < 1.29 is 0 Å². The maximum Gasteiger partial charge on any atom is -0.00205 e.